The van der Waals surface area contributed by atoms with Crippen molar-refractivity contribution in [3.05, 3.63) is 64.2 Å². The fourth-order valence-electron chi connectivity index (χ4n) is 2.68. The second-order valence-corrected chi connectivity index (χ2v) is 6.49. The van der Waals surface area contributed by atoms with Crippen molar-refractivity contribution in [2.45, 2.75) is 0 Å². The third-order valence-corrected chi connectivity index (χ3v) is 4.28. The number of rotatable bonds is 4. The fraction of sp³-hybridized carbons (Fsp3) is 0.238. The molecule has 2 aromatic rings. The number of amides is 1. The monoisotopic (exact) mass is 399 g/mol. The largest absolute Gasteiger partial charge is 0.481 e. The first-order valence-corrected chi connectivity index (χ1v) is 9.04. The summed E-state index contributed by atoms with van der Waals surface area (Å²) >= 11 is 6.01. The van der Waals surface area contributed by atoms with Crippen LogP contribution in [0.15, 0.2) is 42.5 Å². The SMILES string of the molecule is O=C(O)COc1ccc(Cl)cc1C#Cc1cccc(C(=O)N2CCOCC2)c1. The Kier molecular flexibility index (Phi) is 6.53. The van der Waals surface area contributed by atoms with Gasteiger partial charge in [-0.2, -0.15) is 0 Å². The van der Waals surface area contributed by atoms with E-state index in [1.165, 1.54) is 0 Å². The number of aliphatic carboxylic acids is 1. The highest BCUT2D eigenvalue weighted by Gasteiger charge is 2.18. The van der Waals surface area contributed by atoms with Gasteiger partial charge in [-0.25, -0.2) is 4.79 Å². The van der Waals surface area contributed by atoms with E-state index in [2.05, 4.69) is 11.8 Å². The van der Waals surface area contributed by atoms with E-state index in [-0.39, 0.29) is 5.91 Å². The minimum absolute atomic E-state index is 0.0554. The number of carboxylic acid groups (broad SMARTS) is 1. The van der Waals surface area contributed by atoms with Gasteiger partial charge in [-0.1, -0.05) is 29.5 Å². The number of carboxylic acids is 1. The molecule has 0 aliphatic carbocycles. The number of hydrogen-bond donors (Lipinski definition) is 1. The zero-order chi connectivity index (χ0) is 19.9. The van der Waals surface area contributed by atoms with Crippen LogP contribution in [0.1, 0.15) is 21.5 Å². The third-order valence-electron chi connectivity index (χ3n) is 4.04. The molecule has 0 unspecified atom stereocenters. The van der Waals surface area contributed by atoms with E-state index in [1.807, 2.05) is 0 Å². The molecule has 7 heteroatoms. The van der Waals surface area contributed by atoms with Gasteiger partial charge in [0.1, 0.15) is 5.75 Å². The third kappa shape index (κ3) is 5.26. The van der Waals surface area contributed by atoms with Gasteiger partial charge >= 0.3 is 5.97 Å². The quantitative estimate of drug-likeness (QED) is 0.800. The molecule has 1 fully saturated rings. The van der Waals surface area contributed by atoms with Gasteiger partial charge < -0.3 is 19.5 Å². The highest BCUT2D eigenvalue weighted by molar-refractivity contribution is 6.30. The summed E-state index contributed by atoms with van der Waals surface area (Å²) in [7, 11) is 0. The molecule has 1 N–H and O–H groups in total. The van der Waals surface area contributed by atoms with E-state index < -0.39 is 12.6 Å². The van der Waals surface area contributed by atoms with Gasteiger partial charge in [-0.15, -0.1) is 0 Å². The van der Waals surface area contributed by atoms with E-state index in [1.54, 1.807) is 47.4 Å². The van der Waals surface area contributed by atoms with Crippen LogP contribution in [0.4, 0.5) is 0 Å². The molecule has 0 saturated carbocycles. The first-order valence-electron chi connectivity index (χ1n) is 8.66. The summed E-state index contributed by atoms with van der Waals surface area (Å²) in [5, 5.41) is 9.25. The van der Waals surface area contributed by atoms with E-state index >= 15 is 0 Å². The molecule has 1 aliphatic rings. The average molecular weight is 400 g/mol. The van der Waals surface area contributed by atoms with Crippen molar-refractivity contribution in [2.24, 2.45) is 0 Å². The second kappa shape index (κ2) is 9.27. The number of nitrogens with zero attached hydrogens (tertiary/aromatic N) is 1. The Balaban J connectivity index is 1.81. The van der Waals surface area contributed by atoms with E-state index in [9.17, 15) is 9.59 Å². The number of halogens is 1. The van der Waals surface area contributed by atoms with Crippen molar-refractivity contribution in [2.75, 3.05) is 32.9 Å². The molecule has 2 aromatic carbocycles. The summed E-state index contributed by atoms with van der Waals surface area (Å²) < 4.78 is 10.5. The molecule has 0 atom stereocenters. The van der Waals surface area contributed by atoms with Gasteiger partial charge in [0, 0.05) is 29.2 Å². The maximum Gasteiger partial charge on any atom is 0.341 e. The number of carbonyl (C=O) groups is 2. The van der Waals surface area contributed by atoms with Gasteiger partial charge in [0.25, 0.3) is 5.91 Å². The summed E-state index contributed by atoms with van der Waals surface area (Å²) in [4.78, 5) is 25.1. The maximum atomic E-state index is 12.6. The number of ether oxygens (including phenoxy) is 2. The van der Waals surface area contributed by atoms with E-state index in [4.69, 9.17) is 26.2 Å². The lowest BCUT2D eigenvalue weighted by atomic mass is 10.1. The highest BCUT2D eigenvalue weighted by Crippen LogP contribution is 2.22. The minimum atomic E-state index is -1.08. The lowest BCUT2D eigenvalue weighted by Crippen LogP contribution is -2.40. The van der Waals surface area contributed by atoms with Crippen molar-refractivity contribution in [1.29, 1.82) is 0 Å². The molecule has 1 heterocycles. The predicted octanol–water partition coefficient (Wildman–Crippen LogP) is 2.68. The lowest BCUT2D eigenvalue weighted by molar-refractivity contribution is -0.139. The Bertz CT molecular complexity index is 941. The van der Waals surface area contributed by atoms with Crippen molar-refractivity contribution < 1.29 is 24.2 Å². The van der Waals surface area contributed by atoms with Gasteiger partial charge in [0.05, 0.1) is 18.8 Å². The molecule has 0 radical (unpaired) electrons. The van der Waals surface area contributed by atoms with Gasteiger partial charge in [0.15, 0.2) is 6.61 Å². The first-order chi connectivity index (χ1) is 13.5. The molecular weight excluding hydrogens is 382 g/mol. The zero-order valence-corrected chi connectivity index (χ0v) is 15.7. The Morgan fingerprint density at radius 2 is 1.93 bits per heavy atom. The van der Waals surface area contributed by atoms with Crippen molar-refractivity contribution >= 4 is 23.5 Å². The van der Waals surface area contributed by atoms with Gasteiger partial charge in [-0.05, 0) is 36.4 Å². The summed E-state index contributed by atoms with van der Waals surface area (Å²) in [6.07, 6.45) is 0. The van der Waals surface area contributed by atoms with E-state index in [0.717, 1.165) is 0 Å². The molecule has 0 aromatic heterocycles. The van der Waals surface area contributed by atoms with Crippen LogP contribution < -0.4 is 4.74 Å². The van der Waals surface area contributed by atoms with Crippen LogP contribution >= 0.6 is 11.6 Å². The van der Waals surface area contributed by atoms with Gasteiger partial charge in [-0.3, -0.25) is 4.79 Å². The Labute approximate surface area is 167 Å². The molecule has 144 valence electrons. The normalized spacial score (nSPS) is 13.4. The van der Waals surface area contributed by atoms with Crippen LogP contribution in [0.25, 0.3) is 0 Å². The van der Waals surface area contributed by atoms with Crippen LogP contribution in [-0.2, 0) is 9.53 Å². The molecule has 1 aliphatic heterocycles. The Morgan fingerprint density at radius 1 is 1.14 bits per heavy atom. The summed E-state index contributed by atoms with van der Waals surface area (Å²) in [6, 6.07) is 11.8. The summed E-state index contributed by atoms with van der Waals surface area (Å²) in [6.45, 7) is 1.75. The van der Waals surface area contributed by atoms with Crippen molar-refractivity contribution in [1.82, 2.24) is 4.90 Å². The van der Waals surface area contributed by atoms with Crippen LogP contribution in [-0.4, -0.2) is 54.8 Å². The maximum absolute atomic E-state index is 12.6. The first kappa shape index (κ1) is 19.7. The zero-order valence-electron chi connectivity index (χ0n) is 15.0. The second-order valence-electron chi connectivity index (χ2n) is 6.06. The summed E-state index contributed by atoms with van der Waals surface area (Å²) in [5.74, 6) is 5.12. The smallest absolute Gasteiger partial charge is 0.341 e. The van der Waals surface area contributed by atoms with Crippen LogP contribution in [0.5, 0.6) is 5.75 Å². The number of hydrogen-bond acceptors (Lipinski definition) is 4. The lowest BCUT2D eigenvalue weighted by Gasteiger charge is -2.26. The van der Waals surface area contributed by atoms with Crippen LogP contribution in [0.2, 0.25) is 5.02 Å². The number of carbonyl (C=O) groups excluding carboxylic acids is 1. The van der Waals surface area contributed by atoms with Crippen LogP contribution in [0, 0.1) is 11.8 Å². The highest BCUT2D eigenvalue weighted by atomic mass is 35.5. The molecular formula is C21H18ClNO5. The molecule has 3 rings (SSSR count). The standard InChI is InChI=1S/C21H18ClNO5/c22-18-6-7-19(28-14-20(24)25)16(13-18)5-4-15-2-1-3-17(12-15)21(26)23-8-10-27-11-9-23/h1-3,6-7,12-13H,8-11,14H2,(H,24,25). The molecule has 1 saturated heterocycles. The molecule has 1 amide bonds. The minimum Gasteiger partial charge on any atom is -0.481 e. The average Bonchev–Trinajstić information content (AvgIpc) is 2.71. The number of benzene rings is 2. The summed E-state index contributed by atoms with van der Waals surface area (Å²) in [5.41, 5.74) is 1.68. The predicted molar refractivity (Wildman–Crippen MR) is 104 cm³/mol. The van der Waals surface area contributed by atoms with Gasteiger partial charge in [0.2, 0.25) is 0 Å². The fourth-order valence-corrected chi connectivity index (χ4v) is 2.86. The topological polar surface area (TPSA) is 76.1 Å². The molecule has 0 bridgehead atoms. The Hall–Kier alpha value is -3.01. The number of morpholine rings is 1. The molecule has 6 nitrogen and oxygen atoms in total. The van der Waals surface area contributed by atoms with Crippen molar-refractivity contribution in [3.63, 3.8) is 0 Å². The molecule has 0 spiro atoms. The van der Waals surface area contributed by atoms with E-state index in [0.29, 0.717) is 53.8 Å². The Morgan fingerprint density at radius 3 is 2.68 bits per heavy atom. The van der Waals surface area contributed by atoms with Crippen molar-refractivity contribution in [3.8, 4) is 17.6 Å². The van der Waals surface area contributed by atoms with Crippen LogP contribution in [0.3, 0.4) is 0 Å². The molecule has 28 heavy (non-hydrogen) atoms.